The number of aromatic nitrogens is 3. The first-order valence-corrected chi connectivity index (χ1v) is 9.55. The average Bonchev–Trinajstić information content (AvgIpc) is 3.15. The summed E-state index contributed by atoms with van der Waals surface area (Å²) in [6.07, 6.45) is 6.09. The highest BCUT2D eigenvalue weighted by molar-refractivity contribution is 5.95. The third-order valence-electron chi connectivity index (χ3n) is 5.82. The number of rotatable bonds is 5. The maximum atomic E-state index is 12.8. The molecule has 1 amide bonds. The Labute approximate surface area is 156 Å². The Bertz CT molecular complexity index is 775. The molecule has 2 aromatic heterocycles. The third-order valence-corrected chi connectivity index (χ3v) is 5.82. The predicted molar refractivity (Wildman–Crippen MR) is 103 cm³/mol. The zero-order valence-electron chi connectivity index (χ0n) is 16.6. The number of nitrogens with one attached hydrogen (secondary N) is 1. The summed E-state index contributed by atoms with van der Waals surface area (Å²) < 4.78 is 4.28. The topological polar surface area (TPSA) is 55.1 Å². The molecule has 0 saturated carbocycles. The standard InChI is InChI=1S/C20H31N5O/c1-6-25-14(2)10-17(15(25)3)20(26)22-11-16-8-7-9-23(4)19(16)18-12-21-13-24(18)5/h10,12-13,16,19H,6-9,11H2,1-5H3,(H,22,26)/t16-,19+/m0/s1. The Balaban J connectivity index is 1.73. The molecule has 1 saturated heterocycles. The highest BCUT2D eigenvalue weighted by atomic mass is 16.1. The van der Waals surface area contributed by atoms with E-state index in [9.17, 15) is 4.79 Å². The number of nitrogens with zero attached hydrogens (tertiary/aromatic N) is 4. The molecule has 3 heterocycles. The Kier molecular flexibility index (Phi) is 5.51. The van der Waals surface area contributed by atoms with E-state index in [1.807, 2.05) is 32.6 Å². The second-order valence-corrected chi connectivity index (χ2v) is 7.50. The summed E-state index contributed by atoms with van der Waals surface area (Å²) in [6, 6.07) is 2.29. The molecule has 6 heteroatoms. The van der Waals surface area contributed by atoms with Crippen LogP contribution < -0.4 is 5.32 Å². The van der Waals surface area contributed by atoms with Gasteiger partial charge in [-0.15, -0.1) is 0 Å². The van der Waals surface area contributed by atoms with E-state index in [0.717, 1.165) is 42.9 Å². The van der Waals surface area contributed by atoms with Crippen LogP contribution in [0, 0.1) is 19.8 Å². The van der Waals surface area contributed by atoms with Gasteiger partial charge in [0.2, 0.25) is 0 Å². The maximum Gasteiger partial charge on any atom is 0.253 e. The molecule has 142 valence electrons. The Morgan fingerprint density at radius 3 is 2.73 bits per heavy atom. The zero-order chi connectivity index (χ0) is 18.8. The lowest BCUT2D eigenvalue weighted by molar-refractivity contribution is 0.0881. The first-order chi connectivity index (χ1) is 12.4. The zero-order valence-corrected chi connectivity index (χ0v) is 16.6. The molecule has 6 nitrogen and oxygen atoms in total. The van der Waals surface area contributed by atoms with E-state index in [1.165, 1.54) is 5.69 Å². The van der Waals surface area contributed by atoms with E-state index >= 15 is 0 Å². The number of carbonyl (C=O) groups is 1. The average molecular weight is 358 g/mol. The lowest BCUT2D eigenvalue weighted by Gasteiger charge is -2.39. The van der Waals surface area contributed by atoms with E-state index in [4.69, 9.17) is 0 Å². The minimum Gasteiger partial charge on any atom is -0.352 e. The van der Waals surface area contributed by atoms with Crippen molar-refractivity contribution in [2.75, 3.05) is 20.1 Å². The van der Waals surface area contributed by atoms with E-state index in [0.29, 0.717) is 18.5 Å². The van der Waals surface area contributed by atoms with E-state index in [1.54, 1.807) is 0 Å². The Morgan fingerprint density at radius 2 is 2.12 bits per heavy atom. The van der Waals surface area contributed by atoms with Crippen LogP contribution in [-0.2, 0) is 13.6 Å². The fourth-order valence-electron chi connectivity index (χ4n) is 4.43. The smallest absolute Gasteiger partial charge is 0.253 e. The highest BCUT2D eigenvalue weighted by Gasteiger charge is 2.32. The molecular weight excluding hydrogens is 326 g/mol. The van der Waals surface area contributed by atoms with Crippen LogP contribution in [0.1, 0.15) is 53.2 Å². The molecule has 0 unspecified atom stereocenters. The first-order valence-electron chi connectivity index (χ1n) is 9.55. The number of imidazole rings is 1. The second-order valence-electron chi connectivity index (χ2n) is 7.50. The molecule has 1 N–H and O–H groups in total. The van der Waals surface area contributed by atoms with E-state index in [-0.39, 0.29) is 5.91 Å². The van der Waals surface area contributed by atoms with Crippen LogP contribution in [-0.4, -0.2) is 45.1 Å². The molecule has 2 atom stereocenters. The third kappa shape index (κ3) is 3.43. The maximum absolute atomic E-state index is 12.8. The number of amides is 1. The van der Waals surface area contributed by atoms with Crippen LogP contribution in [0.15, 0.2) is 18.6 Å². The highest BCUT2D eigenvalue weighted by Crippen LogP contribution is 2.34. The molecule has 0 spiro atoms. The molecule has 0 bridgehead atoms. The van der Waals surface area contributed by atoms with Crippen molar-refractivity contribution >= 4 is 5.91 Å². The van der Waals surface area contributed by atoms with Gasteiger partial charge in [0.25, 0.3) is 5.91 Å². The van der Waals surface area contributed by atoms with E-state index < -0.39 is 0 Å². The molecule has 1 aliphatic rings. The lowest BCUT2D eigenvalue weighted by atomic mass is 9.87. The van der Waals surface area contributed by atoms with Crippen molar-refractivity contribution in [1.82, 2.24) is 24.3 Å². The Hall–Kier alpha value is -2.08. The quantitative estimate of drug-likeness (QED) is 0.895. The number of piperidine rings is 1. The summed E-state index contributed by atoms with van der Waals surface area (Å²) in [4.78, 5) is 19.5. The molecule has 1 aliphatic heterocycles. The molecule has 1 fully saturated rings. The number of hydrogen-bond donors (Lipinski definition) is 1. The fraction of sp³-hybridized carbons (Fsp3) is 0.600. The van der Waals surface area contributed by atoms with Gasteiger partial charge in [0.05, 0.1) is 23.6 Å². The fourth-order valence-corrected chi connectivity index (χ4v) is 4.43. The summed E-state index contributed by atoms with van der Waals surface area (Å²) in [6.45, 7) is 8.85. The second kappa shape index (κ2) is 7.66. The summed E-state index contributed by atoms with van der Waals surface area (Å²) >= 11 is 0. The van der Waals surface area contributed by atoms with Crippen molar-refractivity contribution in [1.29, 1.82) is 0 Å². The van der Waals surface area contributed by atoms with Crippen molar-refractivity contribution in [2.45, 2.75) is 46.2 Å². The molecule has 26 heavy (non-hydrogen) atoms. The van der Waals surface area contributed by atoms with Gasteiger partial charge >= 0.3 is 0 Å². The van der Waals surface area contributed by atoms with Crippen molar-refractivity contribution in [3.05, 3.63) is 41.2 Å². The van der Waals surface area contributed by atoms with Crippen molar-refractivity contribution in [3.63, 3.8) is 0 Å². The largest absolute Gasteiger partial charge is 0.352 e. The van der Waals surface area contributed by atoms with Crippen LogP contribution >= 0.6 is 0 Å². The van der Waals surface area contributed by atoms with Crippen molar-refractivity contribution in [2.24, 2.45) is 13.0 Å². The number of hydrogen-bond acceptors (Lipinski definition) is 3. The SMILES string of the molecule is CCn1c(C)cc(C(=O)NC[C@@H]2CCCN(C)[C@H]2c2cncn2C)c1C. The minimum atomic E-state index is 0.0368. The van der Waals surface area contributed by atoms with Crippen LogP contribution in [0.3, 0.4) is 0 Å². The van der Waals surface area contributed by atoms with Crippen LogP contribution in [0.25, 0.3) is 0 Å². The van der Waals surface area contributed by atoms with Crippen LogP contribution in [0.4, 0.5) is 0 Å². The summed E-state index contributed by atoms with van der Waals surface area (Å²) in [5.74, 6) is 0.428. The summed E-state index contributed by atoms with van der Waals surface area (Å²) in [5, 5.41) is 3.20. The molecule has 0 aliphatic carbocycles. The van der Waals surface area contributed by atoms with Gasteiger partial charge < -0.3 is 14.5 Å². The molecule has 0 radical (unpaired) electrons. The number of likely N-dealkylation sites (tertiary alicyclic amines) is 1. The van der Waals surface area contributed by atoms with Crippen molar-refractivity contribution < 1.29 is 4.79 Å². The van der Waals surface area contributed by atoms with Gasteiger partial charge in [-0.25, -0.2) is 4.98 Å². The van der Waals surface area contributed by atoms with Gasteiger partial charge in [-0.1, -0.05) is 0 Å². The van der Waals surface area contributed by atoms with E-state index in [2.05, 4.69) is 45.2 Å². The molecule has 3 rings (SSSR count). The minimum absolute atomic E-state index is 0.0368. The molecule has 0 aromatic carbocycles. The van der Waals surface area contributed by atoms with Gasteiger partial charge in [-0.05, 0) is 59.2 Å². The van der Waals surface area contributed by atoms with Gasteiger partial charge in [-0.3, -0.25) is 9.69 Å². The predicted octanol–water partition coefficient (Wildman–Crippen LogP) is 2.67. The molecular formula is C20H31N5O. The lowest BCUT2D eigenvalue weighted by Crippen LogP contribution is -2.42. The van der Waals surface area contributed by atoms with Gasteiger partial charge in [0.15, 0.2) is 0 Å². The van der Waals surface area contributed by atoms with Crippen LogP contribution in [0.5, 0.6) is 0 Å². The molecule has 2 aromatic rings. The summed E-state index contributed by atoms with van der Waals surface area (Å²) in [5.41, 5.74) is 4.20. The number of aryl methyl sites for hydroxylation is 2. The van der Waals surface area contributed by atoms with Crippen molar-refractivity contribution in [3.8, 4) is 0 Å². The summed E-state index contributed by atoms with van der Waals surface area (Å²) in [7, 11) is 4.21. The van der Waals surface area contributed by atoms with Gasteiger partial charge in [-0.2, -0.15) is 0 Å². The normalized spacial score (nSPS) is 21.1. The first kappa shape index (κ1) is 18.7. The van der Waals surface area contributed by atoms with Gasteiger partial charge in [0.1, 0.15) is 0 Å². The van der Waals surface area contributed by atoms with Gasteiger partial charge in [0, 0.05) is 37.7 Å². The monoisotopic (exact) mass is 357 g/mol. The van der Waals surface area contributed by atoms with Crippen LogP contribution in [0.2, 0.25) is 0 Å². The number of carbonyl (C=O) groups excluding carboxylic acids is 1. The Morgan fingerprint density at radius 1 is 1.35 bits per heavy atom.